The van der Waals surface area contributed by atoms with Crippen molar-refractivity contribution in [1.82, 2.24) is 0 Å². The van der Waals surface area contributed by atoms with Crippen LogP contribution in [0.2, 0.25) is 0 Å². The minimum absolute atomic E-state index is 0.984. The van der Waals surface area contributed by atoms with Gasteiger partial charge in [0.2, 0.25) is 0 Å². The van der Waals surface area contributed by atoms with Crippen molar-refractivity contribution in [2.24, 2.45) is 0 Å². The Hall–Kier alpha value is -1.13. The quantitative estimate of drug-likeness (QED) is 0.526. The molecule has 0 saturated carbocycles. The summed E-state index contributed by atoms with van der Waals surface area (Å²) in [6, 6.07) is 23.4. The van der Waals surface area contributed by atoms with Crippen molar-refractivity contribution in [1.29, 1.82) is 0 Å². The van der Waals surface area contributed by atoms with Crippen molar-refractivity contribution in [2.45, 2.75) is 4.90 Å². The third kappa shape index (κ3) is 3.38. The van der Waals surface area contributed by atoms with Crippen molar-refractivity contribution < 1.29 is 0 Å². The summed E-state index contributed by atoms with van der Waals surface area (Å²) in [5.41, 5.74) is 4.92. The Kier molecular flexibility index (Phi) is 4.45. The summed E-state index contributed by atoms with van der Waals surface area (Å²) in [5, 5.41) is 2.37. The average molecular weight is 326 g/mol. The van der Waals surface area contributed by atoms with Crippen molar-refractivity contribution >= 4 is 41.7 Å². The van der Waals surface area contributed by atoms with Gasteiger partial charge in [-0.15, -0.1) is 31.1 Å². The first-order valence-corrected chi connectivity index (χ1v) is 8.28. The fraction of sp³-hybridized carbons (Fsp3) is 0. The van der Waals surface area contributed by atoms with E-state index >= 15 is 0 Å². The van der Waals surface area contributed by atoms with Gasteiger partial charge in [-0.3, -0.25) is 0 Å². The van der Waals surface area contributed by atoms with E-state index in [0.717, 1.165) is 4.90 Å². The molecule has 0 amide bonds. The maximum Gasteiger partial charge on any atom is 0.00465 e. The lowest BCUT2D eigenvalue weighted by molar-refractivity contribution is 1.50. The number of hydrogen-bond acceptors (Lipinski definition) is 1. The van der Waals surface area contributed by atoms with Crippen molar-refractivity contribution in [3.8, 4) is 22.3 Å². The molecule has 0 aliphatic heterocycles. The van der Waals surface area contributed by atoms with Crippen LogP contribution in [0, 0.1) is 0 Å². The summed E-state index contributed by atoms with van der Waals surface area (Å²) in [6.07, 6.45) is 0. The van der Waals surface area contributed by atoms with Gasteiger partial charge in [0.25, 0.3) is 0 Å². The molecule has 0 radical (unpaired) electrons. The Balaban J connectivity index is 1.95. The molecule has 0 N–H and O–H groups in total. The first-order valence-electron chi connectivity index (χ1n) is 6.68. The van der Waals surface area contributed by atoms with Crippen LogP contribution in [0.25, 0.3) is 22.3 Å². The smallest absolute Gasteiger partial charge is 0.00465 e. The molecule has 0 aromatic heterocycles. The summed E-state index contributed by atoms with van der Waals surface area (Å²) in [5.74, 6) is 0. The fourth-order valence-corrected chi connectivity index (χ4v) is 3.32. The molecule has 3 aromatic carbocycles. The van der Waals surface area contributed by atoms with E-state index in [1.165, 1.54) is 32.9 Å². The van der Waals surface area contributed by atoms with Crippen LogP contribution >= 0.6 is 31.1 Å². The van der Waals surface area contributed by atoms with Gasteiger partial charge < -0.3 is 0 Å². The lowest BCUT2D eigenvalue weighted by Crippen LogP contribution is -1.96. The molecule has 104 valence electrons. The second-order valence-electron chi connectivity index (χ2n) is 4.97. The predicted molar refractivity (Wildman–Crippen MR) is 103 cm³/mol. The van der Waals surface area contributed by atoms with Gasteiger partial charge in [0.15, 0.2) is 0 Å². The molecule has 0 spiro atoms. The van der Waals surface area contributed by atoms with Gasteiger partial charge in [0.05, 0.1) is 0 Å². The van der Waals surface area contributed by atoms with E-state index in [1.54, 1.807) is 0 Å². The standard InChI is InChI=1S/C18H16P2S/c19-15-7-5-13(6-8-15)12-1-3-14(4-2-12)17-10-9-16(21)11-18(17)20/h1-11,21H,19-20H2. The average Bonchev–Trinajstić information content (AvgIpc) is 2.48. The molecule has 0 saturated heterocycles. The maximum atomic E-state index is 4.37. The molecule has 0 aliphatic carbocycles. The van der Waals surface area contributed by atoms with Gasteiger partial charge in [0, 0.05) is 4.90 Å². The zero-order chi connectivity index (χ0) is 14.8. The van der Waals surface area contributed by atoms with Crippen LogP contribution in [-0.2, 0) is 0 Å². The largest absolute Gasteiger partial charge is 0.143 e. The minimum Gasteiger partial charge on any atom is -0.143 e. The summed E-state index contributed by atoms with van der Waals surface area (Å²) in [7, 11) is 5.49. The van der Waals surface area contributed by atoms with Gasteiger partial charge >= 0.3 is 0 Å². The van der Waals surface area contributed by atoms with Crippen LogP contribution in [0.4, 0.5) is 0 Å². The zero-order valence-electron chi connectivity index (χ0n) is 11.5. The molecule has 0 bridgehead atoms. The number of rotatable bonds is 2. The molecule has 2 atom stereocenters. The van der Waals surface area contributed by atoms with Gasteiger partial charge in [-0.25, -0.2) is 0 Å². The Labute approximate surface area is 135 Å². The highest BCUT2D eigenvalue weighted by molar-refractivity contribution is 7.80. The Morgan fingerprint density at radius 2 is 1.14 bits per heavy atom. The highest BCUT2D eigenvalue weighted by atomic mass is 32.1. The normalized spacial score (nSPS) is 10.6. The molecule has 0 nitrogen and oxygen atoms in total. The summed E-state index contributed by atoms with van der Waals surface area (Å²) in [6.45, 7) is 0. The molecule has 0 heterocycles. The lowest BCUT2D eigenvalue weighted by atomic mass is 10.0. The van der Waals surface area contributed by atoms with Crippen molar-refractivity contribution in [3.05, 3.63) is 66.7 Å². The van der Waals surface area contributed by atoms with Crippen LogP contribution in [0.3, 0.4) is 0 Å². The molecule has 2 unspecified atom stereocenters. The SMILES string of the molecule is Pc1ccc(-c2ccc(-c3ccc(S)cc3P)cc2)cc1. The van der Waals surface area contributed by atoms with E-state index in [1.807, 2.05) is 6.07 Å². The predicted octanol–water partition coefficient (Wildman–Crippen LogP) is 4.31. The van der Waals surface area contributed by atoms with E-state index in [9.17, 15) is 0 Å². The lowest BCUT2D eigenvalue weighted by Gasteiger charge is -2.08. The van der Waals surface area contributed by atoms with E-state index < -0.39 is 0 Å². The van der Waals surface area contributed by atoms with Crippen molar-refractivity contribution in [3.63, 3.8) is 0 Å². The van der Waals surface area contributed by atoms with E-state index in [-0.39, 0.29) is 0 Å². The monoisotopic (exact) mass is 326 g/mol. The Bertz CT molecular complexity index is 762. The zero-order valence-corrected chi connectivity index (χ0v) is 14.7. The molecular weight excluding hydrogens is 310 g/mol. The number of thiol groups is 1. The molecule has 0 fully saturated rings. The first kappa shape index (κ1) is 14.8. The van der Waals surface area contributed by atoms with Crippen LogP contribution < -0.4 is 10.6 Å². The van der Waals surface area contributed by atoms with Crippen LogP contribution in [0.15, 0.2) is 71.6 Å². The first-order chi connectivity index (χ1) is 10.1. The molecule has 0 aliphatic rings. The highest BCUT2D eigenvalue weighted by Gasteiger charge is 2.03. The Morgan fingerprint density at radius 3 is 1.71 bits per heavy atom. The topological polar surface area (TPSA) is 0 Å². The number of hydrogen-bond donors (Lipinski definition) is 1. The van der Waals surface area contributed by atoms with E-state index in [2.05, 4.69) is 91.8 Å². The van der Waals surface area contributed by atoms with Gasteiger partial charge in [-0.2, -0.15) is 0 Å². The summed E-state index contributed by atoms with van der Waals surface area (Å²) < 4.78 is 0. The summed E-state index contributed by atoms with van der Waals surface area (Å²) >= 11 is 4.37. The van der Waals surface area contributed by atoms with E-state index in [0.29, 0.717) is 0 Å². The fourth-order valence-electron chi connectivity index (χ4n) is 2.33. The molecule has 21 heavy (non-hydrogen) atoms. The van der Waals surface area contributed by atoms with Gasteiger partial charge in [-0.1, -0.05) is 54.6 Å². The molecule has 3 aromatic rings. The van der Waals surface area contributed by atoms with Crippen molar-refractivity contribution in [2.75, 3.05) is 0 Å². The van der Waals surface area contributed by atoms with Crippen LogP contribution in [0.1, 0.15) is 0 Å². The second kappa shape index (κ2) is 6.32. The minimum atomic E-state index is 0.984. The maximum absolute atomic E-state index is 4.37. The molecule has 3 heteroatoms. The van der Waals surface area contributed by atoms with Crippen LogP contribution in [0.5, 0.6) is 0 Å². The summed E-state index contributed by atoms with van der Waals surface area (Å²) in [4.78, 5) is 0.984. The molecule has 3 rings (SSSR count). The number of benzene rings is 3. The Morgan fingerprint density at radius 1 is 0.619 bits per heavy atom. The van der Waals surface area contributed by atoms with Crippen LogP contribution in [-0.4, -0.2) is 0 Å². The third-order valence-electron chi connectivity index (χ3n) is 3.48. The van der Waals surface area contributed by atoms with Gasteiger partial charge in [0.1, 0.15) is 0 Å². The molecular formula is C18H16P2S. The second-order valence-corrected chi connectivity index (χ2v) is 6.78. The van der Waals surface area contributed by atoms with Gasteiger partial charge in [-0.05, 0) is 45.0 Å². The highest BCUT2D eigenvalue weighted by Crippen LogP contribution is 2.25. The third-order valence-corrected chi connectivity index (χ3v) is 4.62. The van der Waals surface area contributed by atoms with E-state index in [4.69, 9.17) is 0 Å².